The summed E-state index contributed by atoms with van der Waals surface area (Å²) in [6.07, 6.45) is 7.84. The quantitative estimate of drug-likeness (QED) is 0.203. The highest BCUT2D eigenvalue weighted by Crippen LogP contribution is 2.36. The highest BCUT2D eigenvalue weighted by Gasteiger charge is 2.37. The van der Waals surface area contributed by atoms with E-state index in [1.165, 1.54) is 11.1 Å². The van der Waals surface area contributed by atoms with Gasteiger partial charge in [-0.3, -0.25) is 0 Å². The van der Waals surface area contributed by atoms with Gasteiger partial charge in [0.25, 0.3) is 0 Å². The van der Waals surface area contributed by atoms with Crippen LogP contribution in [0.15, 0.2) is 108 Å². The molecular weight excluding hydrogens is 612 g/mol. The molecule has 7 heteroatoms. The molecule has 7 nitrogen and oxygen atoms in total. The first-order valence-electron chi connectivity index (χ1n) is 17.1. The first-order chi connectivity index (χ1) is 23.7. The number of nitrogens with zero attached hydrogens (tertiary/aromatic N) is 1. The summed E-state index contributed by atoms with van der Waals surface area (Å²) in [6, 6.07) is 31.0. The zero-order valence-corrected chi connectivity index (χ0v) is 28.9. The van der Waals surface area contributed by atoms with Crippen LogP contribution in [0.2, 0.25) is 0 Å². The number of carbonyl (C=O) groups is 1. The van der Waals surface area contributed by atoms with Gasteiger partial charge >= 0.3 is 6.09 Å². The standard InChI is InChI=1S/C42H46N2O5/c1-42(2,3)40-29-33(26-32-8-6-10-39(28-32)47-35-13-11-34(46-4)12-14-35)21-24-44(40)41(45)49-37-17-15-36(16-18-37)48-38-9-5-7-31(27-38)25-30-19-22-43-23-20-30/h5-18,25-28,40,43H,19-24,29H2,1-4H3. The van der Waals surface area contributed by atoms with Crippen LogP contribution < -0.4 is 24.3 Å². The zero-order chi connectivity index (χ0) is 34.2. The van der Waals surface area contributed by atoms with Gasteiger partial charge in [0.2, 0.25) is 0 Å². The first kappa shape index (κ1) is 33.9. The van der Waals surface area contributed by atoms with Crippen LogP contribution in [0.1, 0.15) is 57.6 Å². The first-order valence-corrected chi connectivity index (χ1v) is 17.1. The molecule has 0 radical (unpaired) electrons. The molecule has 4 aromatic rings. The normalized spacial score (nSPS) is 17.4. The molecule has 254 valence electrons. The molecule has 2 saturated heterocycles. The number of ether oxygens (including phenoxy) is 4. The van der Waals surface area contributed by atoms with Crippen molar-refractivity contribution in [2.75, 3.05) is 26.7 Å². The minimum atomic E-state index is -0.332. The lowest BCUT2D eigenvalue weighted by atomic mass is 9.79. The molecule has 1 amide bonds. The van der Waals surface area contributed by atoms with E-state index in [4.69, 9.17) is 18.9 Å². The van der Waals surface area contributed by atoms with Gasteiger partial charge in [-0.1, -0.05) is 68.3 Å². The number of piperidine rings is 2. The predicted octanol–water partition coefficient (Wildman–Crippen LogP) is 10.1. The van der Waals surface area contributed by atoms with Crippen LogP contribution in [-0.2, 0) is 0 Å². The van der Waals surface area contributed by atoms with Crippen molar-refractivity contribution in [2.45, 2.75) is 52.5 Å². The fraction of sp³-hybridized carbons (Fsp3) is 0.310. The van der Waals surface area contributed by atoms with Gasteiger partial charge in [-0.05, 0) is 128 Å². The summed E-state index contributed by atoms with van der Waals surface area (Å²) >= 11 is 0. The SMILES string of the molecule is COc1ccc(Oc2cccc(C=C3CCN(C(=O)Oc4ccc(Oc5cccc(C=C6CCNCC6)c5)cc4)C(C(C)(C)C)C3)c2)cc1. The van der Waals surface area contributed by atoms with Gasteiger partial charge in [-0.25, -0.2) is 4.79 Å². The number of carbonyl (C=O) groups excluding carboxylic acids is 1. The fourth-order valence-corrected chi connectivity index (χ4v) is 6.35. The second kappa shape index (κ2) is 15.5. The molecule has 2 aliphatic heterocycles. The minimum Gasteiger partial charge on any atom is -0.497 e. The maximum absolute atomic E-state index is 13.5. The van der Waals surface area contributed by atoms with Crippen molar-refractivity contribution in [3.63, 3.8) is 0 Å². The lowest BCUT2D eigenvalue weighted by molar-refractivity contribution is 0.0771. The van der Waals surface area contributed by atoms with Gasteiger partial charge in [0.05, 0.1) is 7.11 Å². The molecule has 2 heterocycles. The Balaban J connectivity index is 1.07. The van der Waals surface area contributed by atoms with Crippen molar-refractivity contribution in [3.8, 4) is 34.5 Å². The maximum atomic E-state index is 13.5. The minimum absolute atomic E-state index is 0.0199. The van der Waals surface area contributed by atoms with Crippen LogP contribution >= 0.6 is 0 Å². The molecule has 2 aliphatic rings. The molecule has 0 aliphatic carbocycles. The average molecular weight is 659 g/mol. The van der Waals surface area contributed by atoms with Crippen LogP contribution in [-0.4, -0.2) is 43.8 Å². The third-order valence-corrected chi connectivity index (χ3v) is 9.00. The number of nitrogens with one attached hydrogen (secondary N) is 1. The number of likely N-dealkylation sites (tertiary alicyclic amines) is 1. The van der Waals surface area contributed by atoms with Gasteiger partial charge in [-0.15, -0.1) is 0 Å². The zero-order valence-electron chi connectivity index (χ0n) is 28.9. The van der Waals surface area contributed by atoms with Crippen LogP contribution in [0.4, 0.5) is 4.79 Å². The third kappa shape index (κ3) is 9.33. The Morgan fingerprint density at radius 1 is 0.694 bits per heavy atom. The molecule has 1 N–H and O–H groups in total. The molecule has 0 bridgehead atoms. The monoisotopic (exact) mass is 658 g/mol. The molecule has 4 aromatic carbocycles. The molecule has 2 fully saturated rings. The highest BCUT2D eigenvalue weighted by molar-refractivity contribution is 5.72. The van der Waals surface area contributed by atoms with E-state index in [9.17, 15) is 4.79 Å². The van der Waals surface area contributed by atoms with Gasteiger partial charge in [-0.2, -0.15) is 0 Å². The molecule has 0 saturated carbocycles. The van der Waals surface area contributed by atoms with E-state index in [-0.39, 0.29) is 17.6 Å². The largest absolute Gasteiger partial charge is 0.497 e. The summed E-state index contributed by atoms with van der Waals surface area (Å²) in [5, 5.41) is 3.40. The molecule has 0 aromatic heterocycles. The van der Waals surface area contributed by atoms with Crippen molar-refractivity contribution in [1.82, 2.24) is 10.2 Å². The van der Waals surface area contributed by atoms with E-state index >= 15 is 0 Å². The number of methoxy groups -OCH3 is 1. The van der Waals surface area contributed by atoms with Crippen LogP contribution in [0.5, 0.6) is 34.5 Å². The third-order valence-electron chi connectivity index (χ3n) is 9.00. The highest BCUT2D eigenvalue weighted by atomic mass is 16.6. The number of hydrogen-bond donors (Lipinski definition) is 1. The van der Waals surface area contributed by atoms with Crippen LogP contribution in [0.3, 0.4) is 0 Å². The van der Waals surface area contributed by atoms with Gasteiger partial charge < -0.3 is 29.2 Å². The van der Waals surface area contributed by atoms with E-state index < -0.39 is 0 Å². The molecule has 1 unspecified atom stereocenters. The summed E-state index contributed by atoms with van der Waals surface area (Å²) < 4.78 is 23.4. The topological polar surface area (TPSA) is 69.3 Å². The Kier molecular flexibility index (Phi) is 10.7. The van der Waals surface area contributed by atoms with Crippen LogP contribution in [0.25, 0.3) is 12.2 Å². The lowest BCUT2D eigenvalue weighted by Crippen LogP contribution is -2.51. The summed E-state index contributed by atoms with van der Waals surface area (Å²) in [7, 11) is 1.65. The van der Waals surface area contributed by atoms with E-state index in [0.717, 1.165) is 72.9 Å². The van der Waals surface area contributed by atoms with Crippen molar-refractivity contribution >= 4 is 18.2 Å². The van der Waals surface area contributed by atoms with Crippen molar-refractivity contribution < 1.29 is 23.7 Å². The van der Waals surface area contributed by atoms with Gasteiger partial charge in [0.15, 0.2) is 0 Å². The summed E-state index contributed by atoms with van der Waals surface area (Å²) in [5.74, 6) is 4.25. The molecule has 0 spiro atoms. The average Bonchev–Trinajstić information content (AvgIpc) is 3.10. The fourth-order valence-electron chi connectivity index (χ4n) is 6.35. The van der Waals surface area contributed by atoms with Crippen molar-refractivity contribution in [1.29, 1.82) is 0 Å². The Hall–Kier alpha value is -5.01. The predicted molar refractivity (Wildman–Crippen MR) is 196 cm³/mol. The number of hydrogen-bond acceptors (Lipinski definition) is 6. The maximum Gasteiger partial charge on any atom is 0.415 e. The second-order valence-corrected chi connectivity index (χ2v) is 13.7. The summed E-state index contributed by atoms with van der Waals surface area (Å²) in [4.78, 5) is 15.4. The molecule has 1 atom stereocenters. The van der Waals surface area contributed by atoms with Crippen molar-refractivity contribution in [3.05, 3.63) is 119 Å². The van der Waals surface area contributed by atoms with Crippen LogP contribution in [0, 0.1) is 5.41 Å². The second-order valence-electron chi connectivity index (χ2n) is 13.7. The smallest absolute Gasteiger partial charge is 0.415 e. The Morgan fingerprint density at radius 3 is 1.78 bits per heavy atom. The lowest BCUT2D eigenvalue weighted by Gasteiger charge is -2.43. The Labute approximate surface area is 290 Å². The van der Waals surface area contributed by atoms with E-state index in [1.807, 2.05) is 71.6 Å². The Morgan fingerprint density at radius 2 is 1.22 bits per heavy atom. The summed E-state index contributed by atoms with van der Waals surface area (Å²) in [6.45, 7) is 9.17. The summed E-state index contributed by atoms with van der Waals surface area (Å²) in [5.41, 5.74) is 4.81. The molecule has 49 heavy (non-hydrogen) atoms. The Bertz CT molecular complexity index is 1780. The van der Waals surface area contributed by atoms with Gasteiger partial charge in [0, 0.05) is 12.6 Å². The van der Waals surface area contributed by atoms with Gasteiger partial charge in [0.1, 0.15) is 34.5 Å². The number of amides is 1. The number of rotatable bonds is 8. The molecule has 6 rings (SSSR count). The number of benzene rings is 4. The van der Waals surface area contributed by atoms with E-state index in [0.29, 0.717) is 18.0 Å². The molecular formula is C42H46N2O5. The van der Waals surface area contributed by atoms with Crippen molar-refractivity contribution in [2.24, 2.45) is 5.41 Å². The van der Waals surface area contributed by atoms with E-state index in [2.05, 4.69) is 56.4 Å². The van der Waals surface area contributed by atoms with E-state index in [1.54, 1.807) is 19.2 Å².